The standard InChI is InChI=1S/C27H22N2/c1-17-15-16-24(23-13-7-6-11-21(17)23)26-18(2)28-27(29-19(26)3)25-14-8-10-20-9-4-5-12-22(20)25/h4-16H,1-3H3. The quantitative estimate of drug-likeness (QED) is 0.331. The molecule has 0 unspecified atom stereocenters. The second-order valence-corrected chi connectivity index (χ2v) is 7.60. The summed E-state index contributed by atoms with van der Waals surface area (Å²) >= 11 is 0. The third-order valence-electron chi connectivity index (χ3n) is 5.71. The minimum Gasteiger partial charge on any atom is -0.233 e. The molecule has 29 heavy (non-hydrogen) atoms. The van der Waals surface area contributed by atoms with E-state index in [9.17, 15) is 0 Å². The minimum absolute atomic E-state index is 0.789. The highest BCUT2D eigenvalue weighted by atomic mass is 14.9. The van der Waals surface area contributed by atoms with Crippen molar-refractivity contribution in [2.45, 2.75) is 20.8 Å². The number of hydrogen-bond acceptors (Lipinski definition) is 2. The van der Waals surface area contributed by atoms with Crippen molar-refractivity contribution in [3.05, 3.63) is 95.8 Å². The van der Waals surface area contributed by atoms with Crippen LogP contribution in [0.15, 0.2) is 78.9 Å². The van der Waals surface area contributed by atoms with Crippen LogP contribution in [0.5, 0.6) is 0 Å². The molecular weight excluding hydrogens is 352 g/mol. The summed E-state index contributed by atoms with van der Waals surface area (Å²) in [5.41, 5.74) is 6.71. The van der Waals surface area contributed by atoms with Crippen LogP contribution in [0.3, 0.4) is 0 Å². The first kappa shape index (κ1) is 17.6. The van der Waals surface area contributed by atoms with Gasteiger partial charge in [-0.2, -0.15) is 0 Å². The molecule has 2 heteroatoms. The van der Waals surface area contributed by atoms with Gasteiger partial charge in [0.05, 0.1) is 0 Å². The predicted octanol–water partition coefficient (Wildman–Crippen LogP) is 7.04. The van der Waals surface area contributed by atoms with Crippen LogP contribution >= 0.6 is 0 Å². The largest absolute Gasteiger partial charge is 0.233 e. The molecule has 0 atom stereocenters. The molecule has 0 aliphatic carbocycles. The molecule has 0 aliphatic rings. The number of benzene rings is 4. The van der Waals surface area contributed by atoms with Gasteiger partial charge in [0.1, 0.15) is 0 Å². The fraction of sp³-hybridized carbons (Fsp3) is 0.111. The molecule has 1 heterocycles. The smallest absolute Gasteiger partial charge is 0.160 e. The highest BCUT2D eigenvalue weighted by Crippen LogP contribution is 2.35. The molecule has 0 bridgehead atoms. The van der Waals surface area contributed by atoms with E-state index in [2.05, 4.69) is 99.6 Å². The highest BCUT2D eigenvalue weighted by Gasteiger charge is 2.15. The molecule has 0 fully saturated rings. The van der Waals surface area contributed by atoms with Crippen molar-refractivity contribution in [2.75, 3.05) is 0 Å². The Hall–Kier alpha value is -3.52. The lowest BCUT2D eigenvalue weighted by Crippen LogP contribution is -2.00. The molecule has 5 aromatic rings. The average molecular weight is 374 g/mol. The number of aromatic nitrogens is 2. The molecule has 0 radical (unpaired) electrons. The summed E-state index contributed by atoms with van der Waals surface area (Å²) < 4.78 is 0. The maximum Gasteiger partial charge on any atom is 0.160 e. The van der Waals surface area contributed by atoms with E-state index in [1.54, 1.807) is 0 Å². The number of fused-ring (bicyclic) bond motifs is 2. The van der Waals surface area contributed by atoms with Gasteiger partial charge in [-0.25, -0.2) is 9.97 Å². The number of nitrogens with zero attached hydrogens (tertiary/aromatic N) is 2. The Bertz CT molecular complexity index is 1350. The summed E-state index contributed by atoms with van der Waals surface area (Å²) in [6.45, 7) is 6.34. The molecule has 140 valence electrons. The van der Waals surface area contributed by atoms with Gasteiger partial charge in [0, 0.05) is 22.5 Å². The Balaban J connectivity index is 1.74. The summed E-state index contributed by atoms with van der Waals surface area (Å²) in [5, 5.41) is 4.92. The second kappa shape index (κ2) is 6.82. The van der Waals surface area contributed by atoms with Crippen molar-refractivity contribution >= 4 is 21.5 Å². The van der Waals surface area contributed by atoms with E-state index in [0.29, 0.717) is 0 Å². The highest BCUT2D eigenvalue weighted by molar-refractivity contribution is 6.00. The molecule has 5 rings (SSSR count). The van der Waals surface area contributed by atoms with Crippen LogP contribution in [0.25, 0.3) is 44.1 Å². The average Bonchev–Trinajstić information content (AvgIpc) is 2.74. The third kappa shape index (κ3) is 2.89. The van der Waals surface area contributed by atoms with E-state index < -0.39 is 0 Å². The first-order valence-electron chi connectivity index (χ1n) is 9.95. The molecular formula is C27H22N2. The number of rotatable bonds is 2. The fourth-order valence-corrected chi connectivity index (χ4v) is 4.31. The molecule has 0 spiro atoms. The Kier molecular flexibility index (Phi) is 4.13. The maximum atomic E-state index is 4.95. The van der Waals surface area contributed by atoms with Crippen LogP contribution < -0.4 is 0 Å². The van der Waals surface area contributed by atoms with Crippen molar-refractivity contribution in [1.29, 1.82) is 0 Å². The van der Waals surface area contributed by atoms with E-state index in [0.717, 1.165) is 28.3 Å². The molecule has 4 aromatic carbocycles. The zero-order valence-corrected chi connectivity index (χ0v) is 16.9. The first-order chi connectivity index (χ1) is 14.1. The van der Waals surface area contributed by atoms with Crippen LogP contribution in [-0.4, -0.2) is 9.97 Å². The van der Waals surface area contributed by atoms with Gasteiger partial charge in [0.25, 0.3) is 0 Å². The Morgan fingerprint density at radius 2 is 1.14 bits per heavy atom. The van der Waals surface area contributed by atoms with Gasteiger partial charge in [-0.3, -0.25) is 0 Å². The van der Waals surface area contributed by atoms with E-state index in [4.69, 9.17) is 9.97 Å². The summed E-state index contributed by atoms with van der Waals surface area (Å²) in [4.78, 5) is 9.90. The van der Waals surface area contributed by atoms with Gasteiger partial charge < -0.3 is 0 Å². The van der Waals surface area contributed by atoms with Gasteiger partial charge >= 0.3 is 0 Å². The molecule has 0 aliphatic heterocycles. The summed E-state index contributed by atoms with van der Waals surface area (Å²) in [5.74, 6) is 0.789. The molecule has 0 saturated heterocycles. The van der Waals surface area contributed by atoms with E-state index in [-0.39, 0.29) is 0 Å². The Morgan fingerprint density at radius 3 is 1.90 bits per heavy atom. The summed E-state index contributed by atoms with van der Waals surface area (Å²) in [7, 11) is 0. The molecule has 0 amide bonds. The molecule has 1 aromatic heterocycles. The van der Waals surface area contributed by atoms with E-state index >= 15 is 0 Å². The second-order valence-electron chi connectivity index (χ2n) is 7.60. The molecule has 0 N–H and O–H groups in total. The van der Waals surface area contributed by atoms with Crippen LogP contribution in [0.1, 0.15) is 17.0 Å². The first-order valence-corrected chi connectivity index (χ1v) is 9.95. The van der Waals surface area contributed by atoms with Crippen LogP contribution in [0, 0.1) is 20.8 Å². The Morgan fingerprint density at radius 1 is 0.517 bits per heavy atom. The van der Waals surface area contributed by atoms with Crippen LogP contribution in [-0.2, 0) is 0 Å². The number of hydrogen-bond donors (Lipinski definition) is 0. The zero-order valence-electron chi connectivity index (χ0n) is 16.9. The monoisotopic (exact) mass is 374 g/mol. The fourth-order valence-electron chi connectivity index (χ4n) is 4.31. The van der Waals surface area contributed by atoms with Crippen molar-refractivity contribution in [1.82, 2.24) is 9.97 Å². The lowest BCUT2D eigenvalue weighted by atomic mass is 9.93. The Labute approximate surface area is 170 Å². The normalized spacial score (nSPS) is 11.3. The topological polar surface area (TPSA) is 25.8 Å². The van der Waals surface area contributed by atoms with Crippen LogP contribution in [0.4, 0.5) is 0 Å². The molecule has 0 saturated carbocycles. The van der Waals surface area contributed by atoms with Gasteiger partial charge in [-0.05, 0) is 53.4 Å². The van der Waals surface area contributed by atoms with Crippen molar-refractivity contribution in [3.63, 3.8) is 0 Å². The van der Waals surface area contributed by atoms with Crippen molar-refractivity contribution < 1.29 is 0 Å². The van der Waals surface area contributed by atoms with Gasteiger partial charge in [-0.1, -0.05) is 78.9 Å². The molecule has 2 nitrogen and oxygen atoms in total. The lowest BCUT2D eigenvalue weighted by Gasteiger charge is -2.15. The van der Waals surface area contributed by atoms with Crippen LogP contribution in [0.2, 0.25) is 0 Å². The zero-order chi connectivity index (χ0) is 20.0. The van der Waals surface area contributed by atoms with Gasteiger partial charge in [0.15, 0.2) is 5.82 Å². The summed E-state index contributed by atoms with van der Waals surface area (Å²) in [6.07, 6.45) is 0. The third-order valence-corrected chi connectivity index (χ3v) is 5.71. The van der Waals surface area contributed by atoms with Crippen molar-refractivity contribution in [3.8, 4) is 22.5 Å². The predicted molar refractivity (Wildman–Crippen MR) is 122 cm³/mol. The van der Waals surface area contributed by atoms with Gasteiger partial charge in [0.2, 0.25) is 0 Å². The van der Waals surface area contributed by atoms with Crippen molar-refractivity contribution in [2.24, 2.45) is 0 Å². The minimum atomic E-state index is 0.789. The summed E-state index contributed by atoms with van der Waals surface area (Å²) in [6, 6.07) is 27.7. The van der Waals surface area contributed by atoms with E-state index in [1.165, 1.54) is 32.7 Å². The van der Waals surface area contributed by atoms with E-state index in [1.807, 2.05) is 0 Å². The van der Waals surface area contributed by atoms with Gasteiger partial charge in [-0.15, -0.1) is 0 Å². The lowest BCUT2D eigenvalue weighted by molar-refractivity contribution is 1.07. The SMILES string of the molecule is Cc1nc(-c2cccc3ccccc23)nc(C)c1-c1ccc(C)c2ccccc12. The maximum absolute atomic E-state index is 4.95. The number of aryl methyl sites for hydroxylation is 3.